The Labute approximate surface area is 135 Å². The Bertz CT molecular complexity index is 564. The summed E-state index contributed by atoms with van der Waals surface area (Å²) >= 11 is 0. The third kappa shape index (κ3) is 4.50. The molecule has 0 spiro atoms. The fraction of sp³-hybridized carbons (Fsp3) is 0.647. The van der Waals surface area contributed by atoms with E-state index in [0.717, 1.165) is 0 Å². The minimum absolute atomic E-state index is 0.0567. The van der Waals surface area contributed by atoms with E-state index < -0.39 is 5.60 Å². The number of carbonyl (C=O) groups excluding carboxylic acids is 4. The number of piperidine rings is 1. The van der Waals surface area contributed by atoms with Crippen molar-refractivity contribution in [1.82, 2.24) is 5.32 Å². The predicted octanol–water partition coefficient (Wildman–Crippen LogP) is 1.68. The molecule has 1 N–H and O–H groups in total. The first kappa shape index (κ1) is 17.4. The number of rotatable bonds is 3. The second-order valence-electron chi connectivity index (χ2n) is 6.90. The number of esters is 1. The highest BCUT2D eigenvalue weighted by Crippen LogP contribution is 2.36. The molecule has 2 amide bonds. The van der Waals surface area contributed by atoms with Gasteiger partial charge in [0, 0.05) is 32.1 Å². The Morgan fingerprint density at radius 1 is 1.30 bits per heavy atom. The predicted molar refractivity (Wildman–Crippen MR) is 82.1 cm³/mol. The summed E-state index contributed by atoms with van der Waals surface area (Å²) < 4.78 is 5.40. The molecule has 1 heterocycles. The van der Waals surface area contributed by atoms with E-state index in [1.165, 1.54) is 6.92 Å². The Balaban J connectivity index is 2.09. The van der Waals surface area contributed by atoms with Crippen LogP contribution in [0.2, 0.25) is 0 Å². The maximum atomic E-state index is 12.3. The van der Waals surface area contributed by atoms with Crippen LogP contribution < -0.4 is 5.32 Å². The van der Waals surface area contributed by atoms with Gasteiger partial charge in [0.2, 0.25) is 11.8 Å². The van der Waals surface area contributed by atoms with Crippen molar-refractivity contribution in [3.63, 3.8) is 0 Å². The van der Waals surface area contributed by atoms with Crippen LogP contribution in [0, 0.1) is 11.8 Å². The van der Waals surface area contributed by atoms with E-state index in [9.17, 15) is 19.2 Å². The summed E-state index contributed by atoms with van der Waals surface area (Å²) in [4.78, 5) is 46.4. The Kier molecular flexibility index (Phi) is 5.02. The zero-order chi connectivity index (χ0) is 17.2. The van der Waals surface area contributed by atoms with Crippen molar-refractivity contribution in [1.29, 1.82) is 0 Å². The molecule has 0 bridgehead atoms. The summed E-state index contributed by atoms with van der Waals surface area (Å²) in [6, 6.07) is 0. The van der Waals surface area contributed by atoms with Crippen molar-refractivity contribution in [3.8, 4) is 0 Å². The van der Waals surface area contributed by atoms with Crippen molar-refractivity contribution in [2.75, 3.05) is 0 Å². The summed E-state index contributed by atoms with van der Waals surface area (Å²) in [6.07, 6.45) is 3.79. The fourth-order valence-corrected chi connectivity index (χ4v) is 3.55. The number of nitrogens with one attached hydrogen (secondary N) is 1. The van der Waals surface area contributed by atoms with Crippen LogP contribution in [0.1, 0.15) is 52.9 Å². The van der Waals surface area contributed by atoms with Gasteiger partial charge >= 0.3 is 5.97 Å². The molecule has 2 atom stereocenters. The average molecular weight is 321 g/mol. The number of carbonyl (C=O) groups is 4. The summed E-state index contributed by atoms with van der Waals surface area (Å²) in [5.41, 5.74) is -0.0453. The van der Waals surface area contributed by atoms with E-state index in [1.54, 1.807) is 0 Å². The molecule has 1 aliphatic heterocycles. The quantitative estimate of drug-likeness (QED) is 0.485. The highest BCUT2D eigenvalue weighted by atomic mass is 16.6. The number of hydrogen-bond acceptors (Lipinski definition) is 5. The molecular formula is C17H23NO5. The van der Waals surface area contributed by atoms with E-state index >= 15 is 0 Å². The van der Waals surface area contributed by atoms with Gasteiger partial charge in [-0.1, -0.05) is 13.0 Å². The summed E-state index contributed by atoms with van der Waals surface area (Å²) in [5.74, 6) is -1.12. The minimum atomic E-state index is -0.676. The van der Waals surface area contributed by atoms with Gasteiger partial charge in [0.25, 0.3) is 0 Å². The number of imide groups is 1. The molecule has 2 fully saturated rings. The van der Waals surface area contributed by atoms with Crippen LogP contribution in [-0.2, 0) is 23.9 Å². The molecule has 0 aromatic carbocycles. The van der Waals surface area contributed by atoms with Crippen LogP contribution in [0.25, 0.3) is 0 Å². The van der Waals surface area contributed by atoms with Crippen molar-refractivity contribution >= 4 is 23.6 Å². The Morgan fingerprint density at radius 3 is 2.48 bits per heavy atom. The van der Waals surface area contributed by atoms with Crippen molar-refractivity contribution in [3.05, 3.63) is 11.6 Å². The number of Topliss-reactive ketones (excluding diaryl/α,β-unsaturated/α-hetero) is 1. The van der Waals surface area contributed by atoms with Crippen molar-refractivity contribution in [2.24, 2.45) is 11.8 Å². The van der Waals surface area contributed by atoms with Crippen LogP contribution in [0.3, 0.4) is 0 Å². The van der Waals surface area contributed by atoms with Gasteiger partial charge in [-0.2, -0.15) is 0 Å². The number of amides is 2. The lowest BCUT2D eigenvalue weighted by molar-refractivity contribution is -0.159. The maximum absolute atomic E-state index is 12.3. The molecule has 1 aliphatic carbocycles. The molecule has 6 heteroatoms. The molecule has 6 nitrogen and oxygen atoms in total. The lowest BCUT2D eigenvalue weighted by Crippen LogP contribution is -2.41. The molecule has 0 radical (unpaired) electrons. The summed E-state index contributed by atoms with van der Waals surface area (Å²) in [6.45, 7) is 5.03. The molecule has 2 rings (SSSR count). The van der Waals surface area contributed by atoms with Gasteiger partial charge in [-0.05, 0) is 31.3 Å². The van der Waals surface area contributed by atoms with Gasteiger partial charge in [-0.15, -0.1) is 0 Å². The standard InChI is InChI=1S/C17H23NO5/c1-10-8-17(3,23-11(2)19)9-13(16(10)22)5-4-12-6-14(20)18-15(21)7-12/h5,10,12H,4,6-9H2,1-3H3,(H,18,20,21)/b13-5+/t10-,17-/m1/s1. The molecule has 126 valence electrons. The Morgan fingerprint density at radius 2 is 1.91 bits per heavy atom. The number of allylic oxidation sites excluding steroid dienone is 1. The van der Waals surface area contributed by atoms with E-state index in [-0.39, 0.29) is 35.4 Å². The maximum Gasteiger partial charge on any atom is 0.303 e. The van der Waals surface area contributed by atoms with E-state index in [1.807, 2.05) is 19.9 Å². The van der Waals surface area contributed by atoms with Crippen LogP contribution in [0.4, 0.5) is 0 Å². The highest BCUT2D eigenvalue weighted by molar-refractivity contribution is 5.99. The number of ketones is 1. The van der Waals surface area contributed by atoms with E-state index in [2.05, 4.69) is 5.32 Å². The zero-order valence-corrected chi connectivity index (χ0v) is 13.8. The number of ether oxygens (including phenoxy) is 1. The Hall–Kier alpha value is -1.98. The number of hydrogen-bond donors (Lipinski definition) is 1. The van der Waals surface area contributed by atoms with Crippen molar-refractivity contribution < 1.29 is 23.9 Å². The van der Waals surface area contributed by atoms with Crippen LogP contribution in [-0.4, -0.2) is 29.2 Å². The third-order valence-corrected chi connectivity index (χ3v) is 4.38. The fourth-order valence-electron chi connectivity index (χ4n) is 3.55. The second-order valence-corrected chi connectivity index (χ2v) is 6.90. The first-order valence-corrected chi connectivity index (χ1v) is 7.94. The lowest BCUT2D eigenvalue weighted by Gasteiger charge is -2.37. The first-order valence-electron chi connectivity index (χ1n) is 7.94. The monoisotopic (exact) mass is 321 g/mol. The van der Waals surface area contributed by atoms with Crippen LogP contribution >= 0.6 is 0 Å². The van der Waals surface area contributed by atoms with E-state index in [0.29, 0.717) is 37.7 Å². The lowest BCUT2D eigenvalue weighted by atomic mass is 9.75. The van der Waals surface area contributed by atoms with Crippen molar-refractivity contribution in [2.45, 2.75) is 58.5 Å². The molecule has 2 aliphatic rings. The minimum Gasteiger partial charge on any atom is -0.459 e. The molecule has 0 aromatic rings. The SMILES string of the molecule is CC(=O)O[C@@]1(C)C/C(=C\CC2CC(=O)NC(=O)C2)C(=O)[C@H](C)C1. The van der Waals surface area contributed by atoms with Gasteiger partial charge in [0.1, 0.15) is 5.60 Å². The highest BCUT2D eigenvalue weighted by Gasteiger charge is 2.40. The largest absolute Gasteiger partial charge is 0.459 e. The molecule has 0 aromatic heterocycles. The van der Waals surface area contributed by atoms with Crippen LogP contribution in [0.5, 0.6) is 0 Å². The molecular weight excluding hydrogens is 298 g/mol. The topological polar surface area (TPSA) is 89.5 Å². The van der Waals surface area contributed by atoms with E-state index in [4.69, 9.17) is 4.74 Å². The van der Waals surface area contributed by atoms with Gasteiger partial charge in [0.05, 0.1) is 0 Å². The zero-order valence-electron chi connectivity index (χ0n) is 13.8. The smallest absolute Gasteiger partial charge is 0.303 e. The second kappa shape index (κ2) is 6.64. The normalized spacial score (nSPS) is 31.2. The van der Waals surface area contributed by atoms with Gasteiger partial charge in [-0.25, -0.2) is 0 Å². The summed E-state index contributed by atoms with van der Waals surface area (Å²) in [7, 11) is 0. The molecule has 0 unspecified atom stereocenters. The van der Waals surface area contributed by atoms with Gasteiger partial charge in [0.15, 0.2) is 5.78 Å². The first-order chi connectivity index (χ1) is 10.7. The van der Waals surface area contributed by atoms with Gasteiger partial charge in [-0.3, -0.25) is 24.5 Å². The molecule has 1 saturated heterocycles. The third-order valence-electron chi connectivity index (χ3n) is 4.38. The summed E-state index contributed by atoms with van der Waals surface area (Å²) in [5, 5.41) is 2.27. The average Bonchev–Trinajstić information content (AvgIpc) is 2.39. The molecule has 1 saturated carbocycles. The van der Waals surface area contributed by atoms with Gasteiger partial charge < -0.3 is 4.74 Å². The van der Waals surface area contributed by atoms with Crippen LogP contribution in [0.15, 0.2) is 11.6 Å². The molecule has 23 heavy (non-hydrogen) atoms.